The number of rotatable bonds is 0. The van der Waals surface area contributed by atoms with Crippen molar-refractivity contribution in [1.29, 1.82) is 0 Å². The Morgan fingerprint density at radius 3 is 2.77 bits per heavy atom. The molecule has 0 amide bonds. The van der Waals surface area contributed by atoms with Crippen LogP contribution in [0.5, 0.6) is 0 Å². The molecule has 1 unspecified atom stereocenters. The molecule has 1 aliphatic rings. The van der Waals surface area contributed by atoms with Crippen molar-refractivity contribution in [3.63, 3.8) is 0 Å². The normalized spacial score (nSPS) is 20.8. The van der Waals surface area contributed by atoms with Gasteiger partial charge in [-0.25, -0.2) is 0 Å². The molecule has 1 atom stereocenters. The van der Waals surface area contributed by atoms with Gasteiger partial charge in [0, 0.05) is 0 Å². The Morgan fingerprint density at radius 2 is 2.00 bits per heavy atom. The molecule has 0 heteroatoms. The Balaban J connectivity index is 2.50. The fourth-order valence-electron chi connectivity index (χ4n) is 1.93. The molecule has 0 fully saturated rings. The van der Waals surface area contributed by atoms with Crippen LogP contribution in [0.25, 0.3) is 6.08 Å². The van der Waals surface area contributed by atoms with Crippen LogP contribution in [-0.4, -0.2) is 0 Å². The lowest BCUT2D eigenvalue weighted by molar-refractivity contribution is 0.672. The summed E-state index contributed by atoms with van der Waals surface area (Å²) < 4.78 is 0. The Bertz CT molecular complexity index is 358. The molecule has 2 rings (SSSR count). The van der Waals surface area contributed by atoms with Crippen LogP contribution in [0.15, 0.2) is 23.8 Å². The molecule has 13 heavy (non-hydrogen) atoms. The van der Waals surface area contributed by atoms with E-state index in [1.807, 2.05) is 0 Å². The summed E-state index contributed by atoms with van der Waals surface area (Å²) in [6.45, 7) is 6.70. The van der Waals surface area contributed by atoms with Gasteiger partial charge >= 0.3 is 0 Å². The lowest BCUT2D eigenvalue weighted by Gasteiger charge is -2.20. The third-order valence-corrected chi connectivity index (χ3v) is 2.99. The summed E-state index contributed by atoms with van der Waals surface area (Å²) in [5.74, 6) is 0.717. The predicted octanol–water partition coefficient (Wildman–Crippen LogP) is 3.59. The monoisotopic (exact) mass is 172 g/mol. The minimum Gasteiger partial charge on any atom is -0.0696 e. The second kappa shape index (κ2) is 3.02. The van der Waals surface area contributed by atoms with Crippen molar-refractivity contribution in [2.24, 2.45) is 5.92 Å². The average Bonchev–Trinajstić information content (AvgIpc) is 2.08. The van der Waals surface area contributed by atoms with E-state index in [0.717, 1.165) is 0 Å². The van der Waals surface area contributed by atoms with Crippen molar-refractivity contribution in [2.45, 2.75) is 27.2 Å². The number of benzene rings is 1. The van der Waals surface area contributed by atoms with Crippen molar-refractivity contribution in [2.75, 3.05) is 0 Å². The van der Waals surface area contributed by atoms with Crippen LogP contribution in [0.4, 0.5) is 0 Å². The predicted molar refractivity (Wildman–Crippen MR) is 57.7 cm³/mol. The van der Waals surface area contributed by atoms with E-state index in [2.05, 4.69) is 45.0 Å². The number of hydrogen-bond donors (Lipinski definition) is 0. The van der Waals surface area contributed by atoms with Gasteiger partial charge in [0.25, 0.3) is 0 Å². The van der Waals surface area contributed by atoms with Gasteiger partial charge in [-0.15, -0.1) is 0 Å². The summed E-state index contributed by atoms with van der Waals surface area (Å²) in [6, 6.07) is 6.74. The number of hydrogen-bond acceptors (Lipinski definition) is 0. The average molecular weight is 172 g/mol. The van der Waals surface area contributed by atoms with Gasteiger partial charge in [-0.05, 0) is 37.3 Å². The van der Waals surface area contributed by atoms with Crippen molar-refractivity contribution in [3.8, 4) is 0 Å². The lowest BCUT2D eigenvalue weighted by atomic mass is 9.85. The standard InChI is InChI=1S/C13H16/c1-9-4-5-12-7-10(2)11(3)8-13(12)6-9/h4-7,11H,8H2,1-3H3. The molecule has 0 radical (unpaired) electrons. The smallest absolute Gasteiger partial charge is 0.0190 e. The van der Waals surface area contributed by atoms with Crippen LogP contribution < -0.4 is 0 Å². The zero-order valence-corrected chi connectivity index (χ0v) is 8.59. The highest BCUT2D eigenvalue weighted by atomic mass is 14.2. The van der Waals surface area contributed by atoms with Gasteiger partial charge in [-0.1, -0.05) is 42.3 Å². The molecule has 0 saturated carbocycles. The molecule has 0 aliphatic heterocycles. The summed E-state index contributed by atoms with van der Waals surface area (Å²) in [5, 5.41) is 0. The molecule has 0 N–H and O–H groups in total. The van der Waals surface area contributed by atoms with Crippen LogP contribution >= 0.6 is 0 Å². The summed E-state index contributed by atoms with van der Waals surface area (Å²) >= 11 is 0. The number of aryl methyl sites for hydroxylation is 1. The van der Waals surface area contributed by atoms with Gasteiger partial charge in [0.1, 0.15) is 0 Å². The van der Waals surface area contributed by atoms with Crippen molar-refractivity contribution in [1.82, 2.24) is 0 Å². The summed E-state index contributed by atoms with van der Waals surface area (Å²) in [6.07, 6.45) is 3.53. The van der Waals surface area contributed by atoms with Crippen LogP contribution in [-0.2, 0) is 6.42 Å². The maximum Gasteiger partial charge on any atom is -0.0190 e. The third kappa shape index (κ3) is 1.53. The minimum absolute atomic E-state index is 0.717. The Kier molecular flexibility index (Phi) is 1.99. The largest absolute Gasteiger partial charge is 0.0696 e. The van der Waals surface area contributed by atoms with E-state index in [1.165, 1.54) is 28.7 Å². The van der Waals surface area contributed by atoms with Crippen LogP contribution in [0, 0.1) is 12.8 Å². The SMILES string of the molecule is CC1=Cc2ccc(C)cc2CC1C. The summed E-state index contributed by atoms with van der Waals surface area (Å²) in [5.41, 5.74) is 5.81. The highest BCUT2D eigenvalue weighted by Gasteiger charge is 2.13. The molecule has 0 aromatic heterocycles. The van der Waals surface area contributed by atoms with Crippen LogP contribution in [0.2, 0.25) is 0 Å². The third-order valence-electron chi connectivity index (χ3n) is 2.99. The molecule has 1 aliphatic carbocycles. The first-order chi connectivity index (χ1) is 6.16. The minimum atomic E-state index is 0.717. The van der Waals surface area contributed by atoms with E-state index in [-0.39, 0.29) is 0 Å². The fourth-order valence-corrected chi connectivity index (χ4v) is 1.93. The van der Waals surface area contributed by atoms with Gasteiger partial charge in [0.2, 0.25) is 0 Å². The van der Waals surface area contributed by atoms with Crippen LogP contribution in [0.3, 0.4) is 0 Å². The van der Waals surface area contributed by atoms with E-state index in [4.69, 9.17) is 0 Å². The van der Waals surface area contributed by atoms with Gasteiger partial charge < -0.3 is 0 Å². The maximum atomic E-state index is 2.32. The molecule has 68 valence electrons. The first-order valence-corrected chi connectivity index (χ1v) is 4.94. The van der Waals surface area contributed by atoms with Crippen LogP contribution in [0.1, 0.15) is 30.5 Å². The second-order valence-corrected chi connectivity index (χ2v) is 4.20. The molecule has 0 bridgehead atoms. The van der Waals surface area contributed by atoms with Gasteiger partial charge in [0.15, 0.2) is 0 Å². The van der Waals surface area contributed by atoms with Crippen molar-refractivity contribution in [3.05, 3.63) is 40.5 Å². The first kappa shape index (κ1) is 8.55. The highest BCUT2D eigenvalue weighted by molar-refractivity contribution is 5.60. The molecular formula is C13H16. The topological polar surface area (TPSA) is 0 Å². The zero-order chi connectivity index (χ0) is 9.42. The summed E-state index contributed by atoms with van der Waals surface area (Å²) in [7, 11) is 0. The van der Waals surface area contributed by atoms with E-state index >= 15 is 0 Å². The second-order valence-electron chi connectivity index (χ2n) is 4.20. The van der Waals surface area contributed by atoms with Gasteiger partial charge in [-0.2, -0.15) is 0 Å². The number of fused-ring (bicyclic) bond motifs is 1. The Morgan fingerprint density at radius 1 is 1.23 bits per heavy atom. The quantitative estimate of drug-likeness (QED) is 0.561. The molecule has 0 spiro atoms. The fraction of sp³-hybridized carbons (Fsp3) is 0.385. The maximum absolute atomic E-state index is 2.32. The van der Waals surface area contributed by atoms with Crippen molar-refractivity contribution >= 4 is 6.08 Å². The zero-order valence-electron chi connectivity index (χ0n) is 8.59. The molecule has 0 heterocycles. The molecule has 0 nitrogen and oxygen atoms in total. The Labute approximate surface area is 80.3 Å². The van der Waals surface area contributed by atoms with E-state index in [9.17, 15) is 0 Å². The summed E-state index contributed by atoms with van der Waals surface area (Å²) in [4.78, 5) is 0. The highest BCUT2D eigenvalue weighted by Crippen LogP contribution is 2.28. The number of allylic oxidation sites excluding steroid dienone is 1. The van der Waals surface area contributed by atoms with Crippen molar-refractivity contribution < 1.29 is 0 Å². The van der Waals surface area contributed by atoms with E-state index in [1.54, 1.807) is 0 Å². The molecular weight excluding hydrogens is 156 g/mol. The Hall–Kier alpha value is -1.04. The van der Waals surface area contributed by atoms with Gasteiger partial charge in [0.05, 0.1) is 0 Å². The van der Waals surface area contributed by atoms with Gasteiger partial charge in [-0.3, -0.25) is 0 Å². The molecule has 1 aromatic carbocycles. The molecule has 1 aromatic rings. The van der Waals surface area contributed by atoms with E-state index < -0.39 is 0 Å². The first-order valence-electron chi connectivity index (χ1n) is 4.94. The lowest BCUT2D eigenvalue weighted by Crippen LogP contribution is -2.07. The van der Waals surface area contributed by atoms with E-state index in [0.29, 0.717) is 5.92 Å². The molecule has 0 saturated heterocycles.